The van der Waals surface area contributed by atoms with Crippen molar-refractivity contribution in [3.05, 3.63) is 35.4 Å². The van der Waals surface area contributed by atoms with E-state index in [0.717, 1.165) is 26.2 Å². The highest BCUT2D eigenvalue weighted by Crippen LogP contribution is 2.08. The van der Waals surface area contributed by atoms with Crippen molar-refractivity contribution in [2.45, 2.75) is 26.4 Å². The van der Waals surface area contributed by atoms with E-state index in [-0.39, 0.29) is 0 Å². The third kappa shape index (κ3) is 5.63. The summed E-state index contributed by atoms with van der Waals surface area (Å²) in [4.78, 5) is 4.72. The van der Waals surface area contributed by atoms with Gasteiger partial charge in [-0.25, -0.2) is 0 Å². The number of benzene rings is 1. The topological polar surface area (TPSA) is 32.5 Å². The molecule has 0 radical (unpaired) electrons. The molecule has 0 spiro atoms. The van der Waals surface area contributed by atoms with Gasteiger partial charge in [-0.15, -0.1) is 0 Å². The molecule has 0 aliphatic carbocycles. The molecule has 0 unspecified atom stereocenters. The molecule has 0 bridgehead atoms. The second-order valence-corrected chi connectivity index (χ2v) is 5.05. The molecule has 0 heterocycles. The van der Waals surface area contributed by atoms with E-state index in [2.05, 4.69) is 55.1 Å². The third-order valence-corrected chi connectivity index (χ3v) is 3.16. The molecule has 1 rings (SSSR count). The fourth-order valence-electron chi connectivity index (χ4n) is 2.07. The van der Waals surface area contributed by atoms with E-state index in [0.29, 0.717) is 6.54 Å². The zero-order valence-electron chi connectivity index (χ0n) is 12.0. The Morgan fingerprint density at radius 2 is 1.83 bits per heavy atom. The van der Waals surface area contributed by atoms with Gasteiger partial charge in [-0.2, -0.15) is 0 Å². The molecule has 1 aromatic carbocycles. The Kier molecular flexibility index (Phi) is 6.94. The third-order valence-electron chi connectivity index (χ3n) is 3.16. The first kappa shape index (κ1) is 15.2. The second kappa shape index (κ2) is 8.25. The molecule has 3 nitrogen and oxygen atoms in total. The molecule has 18 heavy (non-hydrogen) atoms. The average molecular weight is 249 g/mol. The molecule has 0 aromatic heterocycles. The van der Waals surface area contributed by atoms with Gasteiger partial charge in [-0.3, -0.25) is 4.90 Å². The molecule has 0 atom stereocenters. The molecule has 102 valence electrons. The minimum Gasteiger partial charge on any atom is -0.326 e. The number of nitrogens with zero attached hydrogens (tertiary/aromatic N) is 2. The highest BCUT2D eigenvalue weighted by Gasteiger charge is 2.04. The molecular weight excluding hydrogens is 222 g/mol. The number of hydrogen-bond donors (Lipinski definition) is 1. The lowest BCUT2D eigenvalue weighted by Gasteiger charge is -2.21. The quantitative estimate of drug-likeness (QED) is 0.764. The monoisotopic (exact) mass is 249 g/mol. The van der Waals surface area contributed by atoms with Crippen LogP contribution < -0.4 is 5.73 Å². The lowest BCUT2D eigenvalue weighted by atomic mass is 10.1. The van der Waals surface area contributed by atoms with Crippen LogP contribution in [0, 0.1) is 0 Å². The predicted molar refractivity (Wildman–Crippen MR) is 78.5 cm³/mol. The molecule has 0 amide bonds. The van der Waals surface area contributed by atoms with Gasteiger partial charge in [0.2, 0.25) is 0 Å². The van der Waals surface area contributed by atoms with Gasteiger partial charge in [0.05, 0.1) is 0 Å². The Labute approximate surface area is 112 Å². The van der Waals surface area contributed by atoms with Crippen molar-refractivity contribution in [1.29, 1.82) is 0 Å². The lowest BCUT2D eigenvalue weighted by Crippen LogP contribution is -2.27. The molecule has 0 saturated carbocycles. The molecular formula is C15H27N3. The van der Waals surface area contributed by atoms with Crippen molar-refractivity contribution in [3.8, 4) is 0 Å². The molecule has 0 fully saturated rings. The summed E-state index contributed by atoms with van der Waals surface area (Å²) in [5, 5.41) is 0. The van der Waals surface area contributed by atoms with Gasteiger partial charge in [0.25, 0.3) is 0 Å². The van der Waals surface area contributed by atoms with Crippen LogP contribution in [0.25, 0.3) is 0 Å². The van der Waals surface area contributed by atoms with Crippen molar-refractivity contribution in [3.63, 3.8) is 0 Å². The van der Waals surface area contributed by atoms with Crippen LogP contribution in [0.1, 0.15) is 24.5 Å². The number of nitrogens with two attached hydrogens (primary N) is 1. The molecule has 0 aliphatic rings. The van der Waals surface area contributed by atoms with Gasteiger partial charge in [0.15, 0.2) is 0 Å². The summed E-state index contributed by atoms with van der Waals surface area (Å²) in [6.07, 6.45) is 1.22. The first-order chi connectivity index (χ1) is 8.65. The zero-order chi connectivity index (χ0) is 13.4. The Balaban J connectivity index is 2.46. The summed E-state index contributed by atoms with van der Waals surface area (Å²) < 4.78 is 0. The fraction of sp³-hybridized carbons (Fsp3) is 0.600. The maximum atomic E-state index is 5.68. The summed E-state index contributed by atoms with van der Waals surface area (Å²) in [7, 11) is 4.25. The van der Waals surface area contributed by atoms with Gasteiger partial charge in [-0.1, -0.05) is 31.2 Å². The first-order valence-corrected chi connectivity index (χ1v) is 6.80. The first-order valence-electron chi connectivity index (χ1n) is 6.80. The minimum atomic E-state index is 0.626. The van der Waals surface area contributed by atoms with E-state index in [9.17, 15) is 0 Å². The SMILES string of the molecule is CCN(CCCN(C)C)Cc1cccc(CN)c1. The van der Waals surface area contributed by atoms with Crippen LogP contribution in [0.2, 0.25) is 0 Å². The van der Waals surface area contributed by atoms with Crippen molar-refractivity contribution in [2.75, 3.05) is 33.7 Å². The van der Waals surface area contributed by atoms with Gasteiger partial charge in [-0.05, 0) is 51.3 Å². The minimum absolute atomic E-state index is 0.626. The van der Waals surface area contributed by atoms with Gasteiger partial charge in [0, 0.05) is 13.1 Å². The highest BCUT2D eigenvalue weighted by molar-refractivity contribution is 5.23. The van der Waals surface area contributed by atoms with Crippen LogP contribution in [0.4, 0.5) is 0 Å². The maximum absolute atomic E-state index is 5.68. The van der Waals surface area contributed by atoms with Crippen LogP contribution in [0.15, 0.2) is 24.3 Å². The summed E-state index contributed by atoms with van der Waals surface area (Å²) in [6, 6.07) is 8.60. The maximum Gasteiger partial charge on any atom is 0.0233 e. The van der Waals surface area contributed by atoms with E-state index < -0.39 is 0 Å². The van der Waals surface area contributed by atoms with E-state index in [1.54, 1.807) is 0 Å². The van der Waals surface area contributed by atoms with E-state index in [1.165, 1.54) is 17.5 Å². The van der Waals surface area contributed by atoms with E-state index in [1.807, 2.05) is 0 Å². The lowest BCUT2D eigenvalue weighted by molar-refractivity contribution is 0.259. The van der Waals surface area contributed by atoms with Crippen molar-refractivity contribution in [1.82, 2.24) is 9.80 Å². The predicted octanol–water partition coefficient (Wildman–Crippen LogP) is 1.92. The zero-order valence-corrected chi connectivity index (χ0v) is 12.0. The van der Waals surface area contributed by atoms with Crippen molar-refractivity contribution < 1.29 is 0 Å². The van der Waals surface area contributed by atoms with E-state index >= 15 is 0 Å². The molecule has 2 N–H and O–H groups in total. The van der Waals surface area contributed by atoms with Gasteiger partial charge in [0.1, 0.15) is 0 Å². The van der Waals surface area contributed by atoms with E-state index in [4.69, 9.17) is 5.73 Å². The van der Waals surface area contributed by atoms with Crippen molar-refractivity contribution >= 4 is 0 Å². The van der Waals surface area contributed by atoms with Crippen LogP contribution in [-0.2, 0) is 13.1 Å². The van der Waals surface area contributed by atoms with Crippen molar-refractivity contribution in [2.24, 2.45) is 5.73 Å². The molecule has 3 heteroatoms. The normalized spacial score (nSPS) is 11.4. The Morgan fingerprint density at radius 3 is 2.44 bits per heavy atom. The Morgan fingerprint density at radius 1 is 1.11 bits per heavy atom. The summed E-state index contributed by atoms with van der Waals surface area (Å²) in [6.45, 7) is 7.28. The largest absolute Gasteiger partial charge is 0.326 e. The highest BCUT2D eigenvalue weighted by atomic mass is 15.1. The van der Waals surface area contributed by atoms with Crippen LogP contribution in [-0.4, -0.2) is 43.5 Å². The number of hydrogen-bond acceptors (Lipinski definition) is 3. The molecule has 0 saturated heterocycles. The molecule has 0 aliphatic heterocycles. The van der Waals surface area contributed by atoms with Gasteiger partial charge >= 0.3 is 0 Å². The Bertz CT molecular complexity index is 336. The second-order valence-electron chi connectivity index (χ2n) is 5.05. The number of rotatable bonds is 8. The smallest absolute Gasteiger partial charge is 0.0233 e. The fourth-order valence-corrected chi connectivity index (χ4v) is 2.07. The van der Waals surface area contributed by atoms with Crippen LogP contribution in [0.3, 0.4) is 0 Å². The van der Waals surface area contributed by atoms with Crippen LogP contribution in [0.5, 0.6) is 0 Å². The summed E-state index contributed by atoms with van der Waals surface area (Å²) in [5.74, 6) is 0. The average Bonchev–Trinajstić information content (AvgIpc) is 2.37. The standard InChI is InChI=1S/C15H27N3/c1-4-18(10-6-9-17(2)3)13-15-8-5-7-14(11-15)12-16/h5,7-8,11H,4,6,9-10,12-13,16H2,1-3H3. The summed E-state index contributed by atoms with van der Waals surface area (Å²) >= 11 is 0. The van der Waals surface area contributed by atoms with Crippen LogP contribution >= 0.6 is 0 Å². The Hall–Kier alpha value is -0.900. The molecule has 1 aromatic rings. The van der Waals surface area contributed by atoms with Gasteiger partial charge < -0.3 is 10.6 Å². The summed E-state index contributed by atoms with van der Waals surface area (Å²) in [5.41, 5.74) is 8.26.